The Morgan fingerprint density at radius 1 is 1.16 bits per heavy atom. The van der Waals surface area contributed by atoms with E-state index in [1.165, 1.54) is 6.92 Å². The van der Waals surface area contributed by atoms with Gasteiger partial charge in [0.25, 0.3) is 5.91 Å². The monoisotopic (exact) mass is 276 g/mol. The Morgan fingerprint density at radius 2 is 1.84 bits per heavy atom. The van der Waals surface area contributed by atoms with Crippen LogP contribution in [0, 0.1) is 6.92 Å². The predicted molar refractivity (Wildman–Crippen MR) is 74.9 cm³/mol. The van der Waals surface area contributed by atoms with Crippen LogP contribution in [0.1, 0.15) is 33.5 Å². The number of ketones is 1. The number of halogens is 1. The molecule has 1 aromatic carbocycles. The molecule has 98 valence electrons. The lowest BCUT2D eigenvalue weighted by Crippen LogP contribution is -2.12. The molecule has 0 saturated heterocycles. The lowest BCUT2D eigenvalue weighted by molar-refractivity contribution is 0.101. The van der Waals surface area contributed by atoms with Crippen molar-refractivity contribution in [3.63, 3.8) is 0 Å². The maximum absolute atomic E-state index is 11.9. The van der Waals surface area contributed by atoms with Gasteiger partial charge in [0, 0.05) is 17.6 Å². The van der Waals surface area contributed by atoms with E-state index >= 15 is 0 Å². The van der Waals surface area contributed by atoms with Crippen LogP contribution in [0.3, 0.4) is 0 Å². The fraction of sp³-hybridized carbons (Fsp3) is 0.143. The fourth-order valence-electron chi connectivity index (χ4n) is 1.60. The van der Waals surface area contributed by atoms with E-state index in [-0.39, 0.29) is 11.7 Å². The van der Waals surface area contributed by atoms with Gasteiger partial charge in [-0.2, -0.15) is 0 Å². The second-order valence-corrected chi connectivity index (χ2v) is 4.67. The van der Waals surface area contributed by atoms with E-state index in [1.807, 2.05) is 13.0 Å². The van der Waals surface area contributed by atoms with Crippen molar-refractivity contribution in [2.45, 2.75) is 13.8 Å². The lowest BCUT2D eigenvalue weighted by atomic mass is 10.2. The molecule has 1 heterocycles. The summed E-state index contributed by atoms with van der Waals surface area (Å²) in [5.41, 5.74) is 2.30. The number of hydrogen-bond acceptors (Lipinski definition) is 2. The Balaban J connectivity index is 2.15. The van der Waals surface area contributed by atoms with Gasteiger partial charge in [0.1, 0.15) is 5.69 Å². The molecule has 0 radical (unpaired) electrons. The number of hydrogen-bond donors (Lipinski definition) is 2. The Labute approximate surface area is 115 Å². The van der Waals surface area contributed by atoms with E-state index in [4.69, 9.17) is 11.6 Å². The quantitative estimate of drug-likeness (QED) is 0.844. The van der Waals surface area contributed by atoms with E-state index in [1.54, 1.807) is 24.3 Å². The van der Waals surface area contributed by atoms with Crippen molar-refractivity contribution in [1.82, 2.24) is 4.98 Å². The molecule has 2 rings (SSSR count). The third kappa shape index (κ3) is 3.03. The standard InChI is InChI=1S/C14H13ClN2O2/c1-8-3-4-10(7-11(8)15)16-14(19)13-6-5-12(17-13)9(2)18/h3-7,17H,1-2H3,(H,16,19). The summed E-state index contributed by atoms with van der Waals surface area (Å²) in [5, 5.41) is 3.30. The number of aryl methyl sites for hydroxylation is 1. The largest absolute Gasteiger partial charge is 0.348 e. The van der Waals surface area contributed by atoms with Gasteiger partial charge in [0.2, 0.25) is 0 Å². The van der Waals surface area contributed by atoms with Crippen molar-refractivity contribution in [1.29, 1.82) is 0 Å². The number of aromatic amines is 1. The second kappa shape index (κ2) is 5.28. The molecule has 0 unspecified atom stereocenters. The highest BCUT2D eigenvalue weighted by Crippen LogP contribution is 2.20. The predicted octanol–water partition coefficient (Wildman–Crippen LogP) is 3.43. The van der Waals surface area contributed by atoms with Crippen LogP contribution in [0.5, 0.6) is 0 Å². The topological polar surface area (TPSA) is 62.0 Å². The summed E-state index contributed by atoms with van der Waals surface area (Å²) in [6, 6.07) is 8.44. The van der Waals surface area contributed by atoms with Gasteiger partial charge in [-0.15, -0.1) is 0 Å². The highest BCUT2D eigenvalue weighted by molar-refractivity contribution is 6.31. The summed E-state index contributed by atoms with van der Waals surface area (Å²) in [4.78, 5) is 25.9. The number of carbonyl (C=O) groups excluding carboxylic acids is 2. The van der Waals surface area contributed by atoms with E-state index < -0.39 is 0 Å². The van der Waals surface area contributed by atoms with Crippen LogP contribution in [-0.4, -0.2) is 16.7 Å². The summed E-state index contributed by atoms with van der Waals surface area (Å²) in [7, 11) is 0. The van der Waals surface area contributed by atoms with E-state index in [2.05, 4.69) is 10.3 Å². The van der Waals surface area contributed by atoms with Gasteiger partial charge < -0.3 is 10.3 Å². The molecule has 0 atom stereocenters. The number of nitrogens with one attached hydrogen (secondary N) is 2. The highest BCUT2D eigenvalue weighted by Gasteiger charge is 2.11. The van der Waals surface area contributed by atoms with Crippen LogP contribution in [-0.2, 0) is 0 Å². The maximum Gasteiger partial charge on any atom is 0.272 e. The average Bonchev–Trinajstić information content (AvgIpc) is 2.83. The second-order valence-electron chi connectivity index (χ2n) is 4.26. The van der Waals surface area contributed by atoms with Crippen molar-refractivity contribution in [3.8, 4) is 0 Å². The number of aromatic nitrogens is 1. The first-order valence-corrected chi connectivity index (χ1v) is 6.12. The molecule has 2 aromatic rings. The van der Waals surface area contributed by atoms with Gasteiger partial charge >= 0.3 is 0 Å². The zero-order chi connectivity index (χ0) is 14.0. The summed E-state index contributed by atoms with van der Waals surface area (Å²) >= 11 is 5.99. The van der Waals surface area contributed by atoms with Crippen molar-refractivity contribution in [3.05, 3.63) is 52.3 Å². The molecule has 19 heavy (non-hydrogen) atoms. The van der Waals surface area contributed by atoms with Crippen molar-refractivity contribution >= 4 is 29.0 Å². The van der Waals surface area contributed by atoms with Crippen LogP contribution >= 0.6 is 11.6 Å². The molecular weight excluding hydrogens is 264 g/mol. The van der Waals surface area contributed by atoms with Crippen LogP contribution in [0.25, 0.3) is 0 Å². The molecule has 0 aliphatic rings. The van der Waals surface area contributed by atoms with Crippen LogP contribution in [0.4, 0.5) is 5.69 Å². The lowest BCUT2D eigenvalue weighted by Gasteiger charge is -2.05. The number of rotatable bonds is 3. The summed E-state index contributed by atoms with van der Waals surface area (Å²) in [6.07, 6.45) is 0. The fourth-order valence-corrected chi connectivity index (χ4v) is 1.78. The molecule has 4 nitrogen and oxygen atoms in total. The summed E-state index contributed by atoms with van der Waals surface area (Å²) in [5.74, 6) is -0.426. The first-order chi connectivity index (χ1) is 8.97. The number of anilines is 1. The first-order valence-electron chi connectivity index (χ1n) is 5.75. The minimum absolute atomic E-state index is 0.113. The molecule has 1 amide bonds. The van der Waals surface area contributed by atoms with E-state index in [0.717, 1.165) is 5.56 Å². The Morgan fingerprint density at radius 3 is 2.42 bits per heavy atom. The zero-order valence-corrected chi connectivity index (χ0v) is 11.3. The zero-order valence-electron chi connectivity index (χ0n) is 10.6. The number of Topliss-reactive ketones (excluding diaryl/α,β-unsaturated/α-hetero) is 1. The molecule has 1 aromatic heterocycles. The number of H-pyrrole nitrogens is 1. The molecule has 2 N–H and O–H groups in total. The molecule has 0 spiro atoms. The molecule has 0 fully saturated rings. The molecular formula is C14H13ClN2O2. The van der Waals surface area contributed by atoms with Gasteiger partial charge in [-0.05, 0) is 36.8 Å². The SMILES string of the molecule is CC(=O)c1ccc(C(=O)Nc2ccc(C)c(Cl)c2)[nH]1. The third-order valence-electron chi connectivity index (χ3n) is 2.74. The molecule has 0 bridgehead atoms. The van der Waals surface area contributed by atoms with Gasteiger partial charge in [-0.3, -0.25) is 9.59 Å². The van der Waals surface area contributed by atoms with Gasteiger partial charge in [-0.1, -0.05) is 17.7 Å². The van der Waals surface area contributed by atoms with Crippen molar-refractivity contribution in [2.24, 2.45) is 0 Å². The molecule has 5 heteroatoms. The Kier molecular flexibility index (Phi) is 3.71. The molecule has 0 saturated carbocycles. The van der Waals surface area contributed by atoms with Gasteiger partial charge in [0.15, 0.2) is 5.78 Å². The minimum Gasteiger partial charge on any atom is -0.348 e. The number of benzene rings is 1. The van der Waals surface area contributed by atoms with E-state index in [9.17, 15) is 9.59 Å². The normalized spacial score (nSPS) is 10.3. The van der Waals surface area contributed by atoms with Crippen molar-refractivity contribution < 1.29 is 9.59 Å². The Bertz CT molecular complexity index is 647. The summed E-state index contributed by atoms with van der Waals surface area (Å²) < 4.78 is 0. The van der Waals surface area contributed by atoms with Gasteiger partial charge in [0.05, 0.1) is 5.69 Å². The van der Waals surface area contributed by atoms with E-state index in [0.29, 0.717) is 22.1 Å². The Hall–Kier alpha value is -2.07. The molecule has 0 aliphatic carbocycles. The average molecular weight is 277 g/mol. The minimum atomic E-state index is -0.313. The van der Waals surface area contributed by atoms with Crippen molar-refractivity contribution in [2.75, 3.05) is 5.32 Å². The van der Waals surface area contributed by atoms with Crippen LogP contribution in [0.15, 0.2) is 30.3 Å². The van der Waals surface area contributed by atoms with Crippen LogP contribution < -0.4 is 5.32 Å². The highest BCUT2D eigenvalue weighted by atomic mass is 35.5. The smallest absolute Gasteiger partial charge is 0.272 e. The first kappa shape index (κ1) is 13.4. The molecule has 0 aliphatic heterocycles. The third-order valence-corrected chi connectivity index (χ3v) is 3.15. The van der Waals surface area contributed by atoms with Gasteiger partial charge in [-0.25, -0.2) is 0 Å². The van der Waals surface area contributed by atoms with Crippen LogP contribution in [0.2, 0.25) is 5.02 Å². The number of amides is 1. The number of carbonyl (C=O) groups is 2. The summed E-state index contributed by atoms with van der Waals surface area (Å²) in [6.45, 7) is 3.32. The maximum atomic E-state index is 11.9.